The highest BCUT2D eigenvalue weighted by atomic mass is 16.5. The normalized spacial score (nSPS) is 11.4. The van der Waals surface area contributed by atoms with E-state index >= 15 is 0 Å². The fourth-order valence-corrected chi connectivity index (χ4v) is 4.85. The van der Waals surface area contributed by atoms with Gasteiger partial charge < -0.3 is 4.74 Å². The predicted octanol–water partition coefficient (Wildman–Crippen LogP) is 7.60. The number of hydrogen-bond donors (Lipinski definition) is 0. The first kappa shape index (κ1) is 17.8. The standard InChI is InChI=1S/C28H24O/c1-17-15-19(3)26-23-12-8-7-10-21(23)20-9-5-6-11-22(20)24-14-13-18(2)28(29-4)27(24)25(26)16-17/h5-16H,1-4H3. The van der Waals surface area contributed by atoms with Crippen molar-refractivity contribution in [2.75, 3.05) is 7.11 Å². The van der Waals surface area contributed by atoms with Crippen LogP contribution in [0, 0.1) is 20.8 Å². The molecule has 0 aromatic heterocycles. The zero-order chi connectivity index (χ0) is 20.1. The summed E-state index contributed by atoms with van der Waals surface area (Å²) in [5.74, 6) is 0.961. The van der Waals surface area contributed by atoms with Gasteiger partial charge in [0.2, 0.25) is 0 Å². The summed E-state index contributed by atoms with van der Waals surface area (Å²) in [6, 6.07) is 26.5. The largest absolute Gasteiger partial charge is 0.496 e. The molecule has 0 unspecified atom stereocenters. The lowest BCUT2D eigenvalue weighted by molar-refractivity contribution is 0.413. The molecule has 0 saturated carbocycles. The van der Waals surface area contributed by atoms with Crippen LogP contribution in [0.4, 0.5) is 0 Å². The van der Waals surface area contributed by atoms with E-state index in [4.69, 9.17) is 4.74 Å². The van der Waals surface area contributed by atoms with Gasteiger partial charge in [-0.3, -0.25) is 0 Å². The molecule has 0 radical (unpaired) electrons. The topological polar surface area (TPSA) is 9.23 Å². The van der Waals surface area contributed by atoms with Crippen LogP contribution in [0.25, 0.3) is 44.5 Å². The molecule has 1 aliphatic carbocycles. The number of benzene rings is 4. The SMILES string of the molecule is COc1c(C)ccc2c1-c1cc(C)cc(C)c1-c1ccccc1-c1ccccc1-2. The van der Waals surface area contributed by atoms with Crippen molar-refractivity contribution in [2.24, 2.45) is 0 Å². The van der Waals surface area contributed by atoms with Crippen molar-refractivity contribution >= 4 is 0 Å². The van der Waals surface area contributed by atoms with Gasteiger partial charge >= 0.3 is 0 Å². The van der Waals surface area contributed by atoms with Crippen LogP contribution in [0.15, 0.2) is 72.8 Å². The molecule has 1 heteroatoms. The minimum Gasteiger partial charge on any atom is -0.496 e. The third-order valence-electron chi connectivity index (χ3n) is 6.01. The number of methoxy groups -OCH3 is 1. The molecule has 1 aliphatic rings. The van der Waals surface area contributed by atoms with Crippen molar-refractivity contribution in [2.45, 2.75) is 20.8 Å². The highest BCUT2D eigenvalue weighted by Crippen LogP contribution is 2.52. The van der Waals surface area contributed by atoms with Crippen LogP contribution in [0.5, 0.6) is 5.75 Å². The maximum Gasteiger partial charge on any atom is 0.130 e. The molecule has 0 aliphatic heterocycles. The second-order valence-corrected chi connectivity index (χ2v) is 7.93. The van der Waals surface area contributed by atoms with E-state index in [1.165, 1.54) is 55.6 Å². The molecule has 0 atom stereocenters. The fraction of sp³-hybridized carbons (Fsp3) is 0.143. The number of aryl methyl sites for hydroxylation is 3. The van der Waals surface area contributed by atoms with Crippen LogP contribution in [-0.2, 0) is 0 Å². The predicted molar refractivity (Wildman–Crippen MR) is 123 cm³/mol. The molecule has 5 rings (SSSR count). The van der Waals surface area contributed by atoms with Gasteiger partial charge in [0, 0.05) is 5.56 Å². The highest BCUT2D eigenvalue weighted by molar-refractivity contribution is 6.05. The summed E-state index contributed by atoms with van der Waals surface area (Å²) in [5.41, 5.74) is 13.7. The summed E-state index contributed by atoms with van der Waals surface area (Å²) in [6.07, 6.45) is 0. The first-order valence-electron chi connectivity index (χ1n) is 10.1. The van der Waals surface area contributed by atoms with Crippen molar-refractivity contribution in [1.29, 1.82) is 0 Å². The van der Waals surface area contributed by atoms with Crippen LogP contribution < -0.4 is 4.74 Å². The molecule has 142 valence electrons. The summed E-state index contributed by atoms with van der Waals surface area (Å²) in [5, 5.41) is 0. The Balaban J connectivity index is 2.07. The lowest BCUT2D eigenvalue weighted by Crippen LogP contribution is -2.02. The van der Waals surface area contributed by atoms with Gasteiger partial charge in [0.05, 0.1) is 7.11 Å². The van der Waals surface area contributed by atoms with Gasteiger partial charge in [0.1, 0.15) is 5.75 Å². The average molecular weight is 376 g/mol. The lowest BCUT2D eigenvalue weighted by atomic mass is 9.78. The Bertz CT molecular complexity index is 1260. The van der Waals surface area contributed by atoms with Crippen LogP contribution in [0.2, 0.25) is 0 Å². The van der Waals surface area contributed by atoms with E-state index in [-0.39, 0.29) is 0 Å². The third kappa shape index (κ3) is 2.61. The fourth-order valence-electron chi connectivity index (χ4n) is 4.85. The lowest BCUT2D eigenvalue weighted by Gasteiger charge is -2.26. The monoisotopic (exact) mass is 376 g/mol. The van der Waals surface area contributed by atoms with Gasteiger partial charge in [-0.2, -0.15) is 0 Å². The molecule has 0 fully saturated rings. The van der Waals surface area contributed by atoms with Gasteiger partial charge in [0.25, 0.3) is 0 Å². The summed E-state index contributed by atoms with van der Waals surface area (Å²) < 4.78 is 5.98. The third-order valence-corrected chi connectivity index (χ3v) is 6.01. The first-order valence-corrected chi connectivity index (χ1v) is 10.1. The molecular formula is C28H24O. The van der Waals surface area contributed by atoms with E-state index in [0.717, 1.165) is 11.3 Å². The summed E-state index contributed by atoms with van der Waals surface area (Å²) in [7, 11) is 1.78. The average Bonchev–Trinajstić information content (AvgIpc) is 2.72. The van der Waals surface area contributed by atoms with Crippen molar-refractivity contribution in [3.05, 3.63) is 89.5 Å². The maximum absolute atomic E-state index is 5.98. The van der Waals surface area contributed by atoms with E-state index in [0.29, 0.717) is 0 Å². The summed E-state index contributed by atoms with van der Waals surface area (Å²) in [4.78, 5) is 0. The van der Waals surface area contributed by atoms with Gasteiger partial charge in [-0.25, -0.2) is 0 Å². The van der Waals surface area contributed by atoms with Crippen LogP contribution in [-0.4, -0.2) is 7.11 Å². The first-order chi connectivity index (χ1) is 14.1. The Morgan fingerprint density at radius 3 is 1.76 bits per heavy atom. The number of fused-ring (bicyclic) bond motifs is 8. The van der Waals surface area contributed by atoms with Crippen molar-refractivity contribution in [1.82, 2.24) is 0 Å². The van der Waals surface area contributed by atoms with E-state index < -0.39 is 0 Å². The molecule has 29 heavy (non-hydrogen) atoms. The van der Waals surface area contributed by atoms with Gasteiger partial charge in [-0.15, -0.1) is 0 Å². The van der Waals surface area contributed by atoms with E-state index in [1.54, 1.807) is 7.11 Å². The molecule has 0 bridgehead atoms. The van der Waals surface area contributed by atoms with E-state index in [2.05, 4.69) is 93.6 Å². The quantitative estimate of drug-likeness (QED) is 0.293. The Morgan fingerprint density at radius 1 is 0.517 bits per heavy atom. The van der Waals surface area contributed by atoms with Crippen molar-refractivity contribution in [3.8, 4) is 50.3 Å². The van der Waals surface area contributed by atoms with Crippen LogP contribution in [0.1, 0.15) is 16.7 Å². The Hall–Kier alpha value is -3.32. The van der Waals surface area contributed by atoms with Gasteiger partial charge in [0.15, 0.2) is 0 Å². The van der Waals surface area contributed by atoms with Crippen molar-refractivity contribution < 1.29 is 4.74 Å². The van der Waals surface area contributed by atoms with Crippen LogP contribution in [0.3, 0.4) is 0 Å². The Kier molecular flexibility index (Phi) is 4.06. The zero-order valence-corrected chi connectivity index (χ0v) is 17.3. The Morgan fingerprint density at radius 2 is 1.10 bits per heavy atom. The number of ether oxygens (including phenoxy) is 1. The minimum absolute atomic E-state index is 0.961. The van der Waals surface area contributed by atoms with Crippen LogP contribution >= 0.6 is 0 Å². The molecular weight excluding hydrogens is 352 g/mol. The summed E-state index contributed by atoms with van der Waals surface area (Å²) in [6.45, 7) is 6.52. The molecule has 0 amide bonds. The zero-order valence-electron chi connectivity index (χ0n) is 17.3. The molecule has 4 aromatic rings. The second-order valence-electron chi connectivity index (χ2n) is 7.93. The molecule has 4 aromatic carbocycles. The maximum atomic E-state index is 5.98. The Labute approximate surface area is 172 Å². The summed E-state index contributed by atoms with van der Waals surface area (Å²) >= 11 is 0. The molecule has 0 saturated heterocycles. The van der Waals surface area contributed by atoms with Crippen molar-refractivity contribution in [3.63, 3.8) is 0 Å². The van der Waals surface area contributed by atoms with E-state index in [1.807, 2.05) is 0 Å². The smallest absolute Gasteiger partial charge is 0.130 e. The highest BCUT2D eigenvalue weighted by Gasteiger charge is 2.26. The van der Waals surface area contributed by atoms with Gasteiger partial charge in [-0.05, 0) is 70.8 Å². The molecule has 0 spiro atoms. The number of hydrogen-bond acceptors (Lipinski definition) is 1. The van der Waals surface area contributed by atoms with Gasteiger partial charge in [-0.1, -0.05) is 78.4 Å². The van der Waals surface area contributed by atoms with E-state index in [9.17, 15) is 0 Å². The molecule has 0 heterocycles. The molecule has 0 N–H and O–H groups in total. The number of rotatable bonds is 1. The second kappa shape index (κ2) is 6.63. The minimum atomic E-state index is 0.961. The molecule has 1 nitrogen and oxygen atoms in total.